The van der Waals surface area contributed by atoms with Crippen LogP contribution in [0.2, 0.25) is 0 Å². The average molecular weight is 321 g/mol. The summed E-state index contributed by atoms with van der Waals surface area (Å²) in [5.74, 6) is 2.44. The molecule has 5 rings (SSSR count). The molecule has 0 bridgehead atoms. The molecule has 2 unspecified atom stereocenters. The van der Waals surface area contributed by atoms with E-state index >= 15 is 0 Å². The van der Waals surface area contributed by atoms with Gasteiger partial charge in [-0.1, -0.05) is 0 Å². The summed E-state index contributed by atoms with van der Waals surface area (Å²) in [6, 6.07) is 4.68. The van der Waals surface area contributed by atoms with Gasteiger partial charge >= 0.3 is 0 Å². The van der Waals surface area contributed by atoms with E-state index < -0.39 is 0 Å². The van der Waals surface area contributed by atoms with E-state index in [1.54, 1.807) is 0 Å². The Balaban J connectivity index is 1.58. The summed E-state index contributed by atoms with van der Waals surface area (Å²) in [4.78, 5) is 0. The Morgan fingerprint density at radius 3 is 2.58 bits per heavy atom. The monoisotopic (exact) mass is 321 g/mol. The Bertz CT molecular complexity index is 894. The van der Waals surface area contributed by atoms with Gasteiger partial charge in [-0.3, -0.25) is 4.68 Å². The largest absolute Gasteiger partial charge is 0.316 e. The molecular weight excluding hydrogens is 298 g/mol. The molecule has 5 nitrogen and oxygen atoms in total. The number of aryl methyl sites for hydroxylation is 2. The summed E-state index contributed by atoms with van der Waals surface area (Å²) >= 11 is 0. The van der Waals surface area contributed by atoms with Crippen molar-refractivity contribution in [2.75, 3.05) is 13.1 Å². The molecule has 3 aromatic rings. The molecule has 0 radical (unpaired) electrons. The molecule has 1 saturated heterocycles. The van der Waals surface area contributed by atoms with Crippen molar-refractivity contribution in [3.05, 3.63) is 41.9 Å². The second kappa shape index (κ2) is 5.18. The molecule has 0 amide bonds. The number of hydrogen-bond acceptors (Lipinski definition) is 3. The lowest BCUT2D eigenvalue weighted by Crippen LogP contribution is -2.11. The van der Waals surface area contributed by atoms with Crippen molar-refractivity contribution in [3.63, 3.8) is 0 Å². The minimum Gasteiger partial charge on any atom is -0.316 e. The van der Waals surface area contributed by atoms with Gasteiger partial charge in [0.2, 0.25) is 0 Å². The van der Waals surface area contributed by atoms with Crippen LogP contribution >= 0.6 is 0 Å². The minimum atomic E-state index is 0.698. The SMILES string of the molecule is Cc1cc2cnn(-c3cnn(C)c3)c2cc1C1CC2CNCC2C1. The van der Waals surface area contributed by atoms with Crippen molar-refractivity contribution in [1.29, 1.82) is 0 Å². The number of aromatic nitrogens is 4. The molecule has 24 heavy (non-hydrogen) atoms. The molecule has 1 aromatic carbocycles. The lowest BCUT2D eigenvalue weighted by Gasteiger charge is -2.15. The fourth-order valence-corrected chi connectivity index (χ4v) is 4.79. The highest BCUT2D eigenvalue weighted by atomic mass is 15.3. The van der Waals surface area contributed by atoms with Crippen molar-refractivity contribution in [2.24, 2.45) is 18.9 Å². The lowest BCUT2D eigenvalue weighted by atomic mass is 9.91. The van der Waals surface area contributed by atoms with Crippen molar-refractivity contribution in [2.45, 2.75) is 25.7 Å². The number of benzene rings is 1. The van der Waals surface area contributed by atoms with Gasteiger partial charge in [0.25, 0.3) is 0 Å². The van der Waals surface area contributed by atoms with Crippen LogP contribution in [-0.4, -0.2) is 32.7 Å². The lowest BCUT2D eigenvalue weighted by molar-refractivity contribution is 0.494. The molecule has 0 spiro atoms. The first-order valence-corrected chi connectivity index (χ1v) is 8.87. The number of nitrogens with one attached hydrogen (secondary N) is 1. The zero-order chi connectivity index (χ0) is 16.3. The Morgan fingerprint density at radius 1 is 1.08 bits per heavy atom. The molecular formula is C19H23N5. The van der Waals surface area contributed by atoms with Crippen LogP contribution in [0.5, 0.6) is 0 Å². The van der Waals surface area contributed by atoms with E-state index in [-0.39, 0.29) is 0 Å². The molecule has 1 aliphatic heterocycles. The van der Waals surface area contributed by atoms with Crippen LogP contribution in [0.25, 0.3) is 16.6 Å². The van der Waals surface area contributed by atoms with Gasteiger partial charge in [-0.15, -0.1) is 0 Å². The first-order valence-electron chi connectivity index (χ1n) is 8.87. The highest BCUT2D eigenvalue weighted by Gasteiger charge is 2.38. The van der Waals surface area contributed by atoms with Crippen molar-refractivity contribution >= 4 is 10.9 Å². The van der Waals surface area contributed by atoms with Crippen LogP contribution in [0.1, 0.15) is 29.9 Å². The average Bonchev–Trinajstić information content (AvgIpc) is 3.28. The Labute approximate surface area is 141 Å². The summed E-state index contributed by atoms with van der Waals surface area (Å²) in [6.45, 7) is 4.66. The maximum Gasteiger partial charge on any atom is 0.103 e. The molecule has 1 aliphatic carbocycles. The Morgan fingerprint density at radius 2 is 1.88 bits per heavy atom. The van der Waals surface area contributed by atoms with Gasteiger partial charge in [0.05, 0.1) is 24.1 Å². The van der Waals surface area contributed by atoms with Gasteiger partial charge in [0.15, 0.2) is 0 Å². The maximum atomic E-state index is 4.60. The topological polar surface area (TPSA) is 47.7 Å². The molecule has 5 heteroatoms. The van der Waals surface area contributed by atoms with E-state index in [2.05, 4.69) is 34.6 Å². The number of fused-ring (bicyclic) bond motifs is 2. The Kier molecular flexibility index (Phi) is 3.07. The van der Waals surface area contributed by atoms with E-state index in [4.69, 9.17) is 0 Å². The molecule has 2 aliphatic rings. The normalized spacial score (nSPS) is 26.3. The summed E-state index contributed by atoms with van der Waals surface area (Å²) < 4.78 is 3.84. The van der Waals surface area contributed by atoms with E-state index in [1.165, 1.54) is 48.0 Å². The smallest absolute Gasteiger partial charge is 0.103 e. The van der Waals surface area contributed by atoms with Gasteiger partial charge in [0.1, 0.15) is 5.69 Å². The quantitative estimate of drug-likeness (QED) is 0.789. The molecule has 2 atom stereocenters. The molecule has 2 fully saturated rings. The number of hydrogen-bond donors (Lipinski definition) is 1. The second-order valence-corrected chi connectivity index (χ2v) is 7.54. The predicted molar refractivity (Wildman–Crippen MR) is 94.4 cm³/mol. The van der Waals surface area contributed by atoms with E-state index in [9.17, 15) is 0 Å². The highest BCUT2D eigenvalue weighted by Crippen LogP contribution is 2.45. The first kappa shape index (κ1) is 14.2. The third-order valence-electron chi connectivity index (χ3n) is 5.99. The summed E-state index contributed by atoms with van der Waals surface area (Å²) in [7, 11) is 1.94. The maximum absolute atomic E-state index is 4.60. The molecule has 1 saturated carbocycles. The fraction of sp³-hybridized carbons (Fsp3) is 0.474. The second-order valence-electron chi connectivity index (χ2n) is 7.54. The zero-order valence-corrected chi connectivity index (χ0v) is 14.2. The molecule has 3 heterocycles. The fourth-order valence-electron chi connectivity index (χ4n) is 4.79. The van der Waals surface area contributed by atoms with Crippen LogP contribution in [0.4, 0.5) is 0 Å². The summed E-state index contributed by atoms with van der Waals surface area (Å²) in [5.41, 5.74) is 5.14. The third-order valence-corrected chi connectivity index (χ3v) is 5.99. The zero-order valence-electron chi connectivity index (χ0n) is 14.2. The van der Waals surface area contributed by atoms with Gasteiger partial charge < -0.3 is 5.32 Å². The molecule has 1 N–H and O–H groups in total. The Hall–Kier alpha value is -2.14. The molecule has 2 aromatic heterocycles. The molecule has 124 valence electrons. The number of nitrogens with zero attached hydrogens (tertiary/aromatic N) is 4. The van der Waals surface area contributed by atoms with E-state index in [0.29, 0.717) is 5.92 Å². The van der Waals surface area contributed by atoms with Gasteiger partial charge in [0, 0.05) is 12.4 Å². The van der Waals surface area contributed by atoms with Crippen LogP contribution in [0.15, 0.2) is 30.7 Å². The van der Waals surface area contributed by atoms with Crippen molar-refractivity contribution in [1.82, 2.24) is 24.9 Å². The highest BCUT2D eigenvalue weighted by molar-refractivity contribution is 5.82. The van der Waals surface area contributed by atoms with Crippen molar-refractivity contribution < 1.29 is 0 Å². The summed E-state index contributed by atoms with van der Waals surface area (Å²) in [6.07, 6.45) is 8.50. The number of rotatable bonds is 2. The van der Waals surface area contributed by atoms with Gasteiger partial charge in [-0.2, -0.15) is 10.2 Å². The summed E-state index contributed by atoms with van der Waals surface area (Å²) in [5, 5.41) is 13.6. The predicted octanol–water partition coefficient (Wildman–Crippen LogP) is 2.78. The van der Waals surface area contributed by atoms with Gasteiger partial charge in [-0.25, -0.2) is 4.68 Å². The minimum absolute atomic E-state index is 0.698. The van der Waals surface area contributed by atoms with Crippen molar-refractivity contribution in [3.8, 4) is 5.69 Å². The third kappa shape index (κ3) is 2.11. The van der Waals surface area contributed by atoms with Crippen LogP contribution in [0.3, 0.4) is 0 Å². The van der Waals surface area contributed by atoms with E-state index in [1.807, 2.05) is 35.0 Å². The van der Waals surface area contributed by atoms with Crippen LogP contribution < -0.4 is 5.32 Å². The van der Waals surface area contributed by atoms with Gasteiger partial charge in [-0.05, 0) is 73.9 Å². The van der Waals surface area contributed by atoms with E-state index in [0.717, 1.165) is 17.5 Å². The first-order chi connectivity index (χ1) is 11.7. The van der Waals surface area contributed by atoms with Crippen LogP contribution in [-0.2, 0) is 7.05 Å². The standard InChI is InChI=1S/C19H23N5/c1-12-3-16-9-22-24(17-10-21-23(2)11-17)19(16)6-18(12)13-4-14-7-20-8-15(14)5-13/h3,6,9-11,13-15,20H,4-5,7-8H2,1-2H3. The van der Waals surface area contributed by atoms with Crippen LogP contribution in [0, 0.1) is 18.8 Å².